The summed E-state index contributed by atoms with van der Waals surface area (Å²) >= 11 is 6.19. The van der Waals surface area contributed by atoms with Crippen LogP contribution < -0.4 is 42.5 Å². The van der Waals surface area contributed by atoms with Crippen molar-refractivity contribution >= 4 is 99.7 Å². The van der Waals surface area contributed by atoms with E-state index >= 15 is 0 Å². The van der Waals surface area contributed by atoms with Gasteiger partial charge in [0.25, 0.3) is 0 Å². The minimum Gasteiger partial charge on any atom is -0.0622 e. The molecule has 0 spiro atoms. The van der Waals surface area contributed by atoms with Crippen LogP contribution in [-0.4, -0.2) is 44.2 Å². The molecule has 2 heterocycles. The summed E-state index contributed by atoms with van der Waals surface area (Å²) in [5.41, 5.74) is 7.77. The molecule has 1 aliphatic heterocycles. The third-order valence-corrected chi connectivity index (χ3v) is 20.4. The van der Waals surface area contributed by atoms with Crippen molar-refractivity contribution in [3.05, 3.63) is 247 Å². The van der Waals surface area contributed by atoms with Crippen molar-refractivity contribution in [3.8, 4) is 11.4 Å². The number of hydrogen-bond donors (Lipinski definition) is 1. The Morgan fingerprint density at radius 2 is 0.959 bits per heavy atom. The molecule has 8 aromatic carbocycles. The topological polar surface area (TPSA) is 98.4 Å². The van der Waals surface area contributed by atoms with Crippen molar-refractivity contribution < 1.29 is 29.1 Å². The average Bonchev–Trinajstić information content (AvgIpc) is 4.29. The summed E-state index contributed by atoms with van der Waals surface area (Å²) in [5, 5.41) is 8.61. The number of ether oxygens (including phenoxy) is 1. The van der Waals surface area contributed by atoms with Gasteiger partial charge in [0, 0.05) is 23.9 Å². The number of hydrogen-bond acceptors (Lipinski definition) is 7. The van der Waals surface area contributed by atoms with Crippen LogP contribution in [0.5, 0.6) is 0 Å². The summed E-state index contributed by atoms with van der Waals surface area (Å²) < 4.78 is 32.0. The molecule has 0 amide bonds. The minimum absolute atomic E-state index is 0.106. The van der Waals surface area contributed by atoms with Crippen LogP contribution in [0, 0.1) is 0 Å². The smallest absolute Gasteiger partial charge is 0.0134 e. The Morgan fingerprint density at radius 1 is 0.581 bits per heavy atom. The van der Waals surface area contributed by atoms with E-state index in [0.29, 0.717) is 55.6 Å². The maximum atomic E-state index is 13.8. The summed E-state index contributed by atoms with van der Waals surface area (Å²) in [4.78, 5) is 11.9. The quantitative estimate of drug-likeness (QED) is 0.0782. The fraction of sp³-hybridized carbons (Fsp3) is 0.133. The van der Waals surface area contributed by atoms with Crippen LogP contribution >= 0.6 is 46.5 Å². The Labute approximate surface area is 459 Å². The third-order valence-electron chi connectivity index (χ3n) is 12.4. The molecule has 0 radical (unpaired) electrons. The fourth-order valence-corrected chi connectivity index (χ4v) is 15.7. The number of rotatable bonds is 11. The first-order chi connectivity index (χ1) is 36.1. The van der Waals surface area contributed by atoms with E-state index in [2.05, 4.69) is 194 Å². The van der Waals surface area contributed by atoms with Crippen LogP contribution in [0.2, 0.25) is 5.02 Å². The first-order valence-corrected chi connectivity index (χ1v) is 32.5. The number of halogens is 3. The van der Waals surface area contributed by atoms with Crippen LogP contribution in [0.1, 0.15) is 25.5 Å². The summed E-state index contributed by atoms with van der Waals surface area (Å²) in [5.74, 6) is 1.17. The second-order valence-electron chi connectivity index (χ2n) is 17.3. The molecule has 1 saturated carbocycles. The van der Waals surface area contributed by atoms with Crippen LogP contribution in [-0.2, 0) is 35.3 Å². The molecule has 1 aromatic heterocycles. The van der Waals surface area contributed by atoms with Crippen molar-refractivity contribution in [3.63, 3.8) is 0 Å². The first kappa shape index (κ1) is 55.0. The predicted octanol–water partition coefficient (Wildman–Crippen LogP) is 12.3. The molecule has 0 unspecified atom stereocenters. The van der Waals surface area contributed by atoms with E-state index in [-0.39, 0.29) is 31.9 Å². The van der Waals surface area contributed by atoms with Gasteiger partial charge >= 0.3 is 35.0 Å². The zero-order valence-corrected chi connectivity index (χ0v) is 47.0. The molecule has 2 fully saturated rings. The van der Waals surface area contributed by atoms with Gasteiger partial charge in [-0.2, -0.15) is 0 Å². The molecule has 14 heteroatoms. The van der Waals surface area contributed by atoms with Gasteiger partial charge < -0.3 is 15.4 Å². The normalized spacial score (nSPS) is 14.6. The van der Waals surface area contributed by atoms with Crippen molar-refractivity contribution in [1.82, 2.24) is 9.97 Å². The predicted molar refractivity (Wildman–Crippen MR) is 311 cm³/mol. The van der Waals surface area contributed by atoms with Gasteiger partial charge in [-0.3, -0.25) is 0 Å². The van der Waals surface area contributed by atoms with Gasteiger partial charge in [0.05, 0.1) is 34.9 Å². The van der Waals surface area contributed by atoms with E-state index in [9.17, 15) is 8.42 Å². The van der Waals surface area contributed by atoms with Gasteiger partial charge in [-0.05, 0) is 104 Å². The van der Waals surface area contributed by atoms with E-state index in [0.717, 1.165) is 5.56 Å². The molecular weight excluding hydrogens is 1130 g/mol. The molecule has 2 aliphatic rings. The number of morpholine rings is 1. The van der Waals surface area contributed by atoms with Gasteiger partial charge in [0.15, 0.2) is 15.7 Å². The number of nitrogens with two attached hydrogens (primary N) is 1. The second kappa shape index (κ2) is 27.0. The van der Waals surface area contributed by atoms with Crippen molar-refractivity contribution in [2.75, 3.05) is 30.4 Å². The summed E-state index contributed by atoms with van der Waals surface area (Å²) in [6.45, 7) is 3.91. The van der Waals surface area contributed by atoms with E-state index in [1.54, 1.807) is 36.4 Å². The number of sulfone groups is 1. The molecule has 7 nitrogen and oxygen atoms in total. The molecule has 11 rings (SSSR count). The number of anilines is 2. The Balaban J connectivity index is 0.000000152. The number of aromatic nitrogens is 2. The van der Waals surface area contributed by atoms with Gasteiger partial charge in [-0.15, -0.1) is 0 Å². The molecule has 1 aliphatic carbocycles. The molecular formula is C60H55Cl3N4O3P2PdS. The molecule has 1 saturated heterocycles. The zero-order valence-electron chi connectivity index (χ0n) is 40.5. The number of nitrogens with zero attached hydrogens (tertiary/aromatic N) is 3. The van der Waals surface area contributed by atoms with E-state index < -0.39 is 30.4 Å². The molecule has 0 bridgehead atoms. The molecule has 9 aromatic rings. The zero-order chi connectivity index (χ0) is 51.8. The first-order valence-electron chi connectivity index (χ1n) is 24.0. The monoisotopic (exact) mass is 1180 g/mol. The Morgan fingerprint density at radius 3 is 1.32 bits per heavy atom. The van der Waals surface area contributed by atoms with E-state index in [1.165, 1.54) is 31.8 Å². The van der Waals surface area contributed by atoms with Gasteiger partial charge in [-0.25, -0.2) is 18.4 Å². The molecule has 2 N–H and O–H groups in total. The van der Waals surface area contributed by atoms with Crippen molar-refractivity contribution in [2.45, 2.75) is 35.4 Å². The van der Waals surface area contributed by atoms with Gasteiger partial charge in [-0.1, -0.05) is 206 Å². The average molecular weight is 1190 g/mol. The maximum absolute atomic E-state index is 13.8. The summed E-state index contributed by atoms with van der Waals surface area (Å²) in [6.07, 6.45) is 0.966. The van der Waals surface area contributed by atoms with Gasteiger partial charge in [0.1, 0.15) is 10.6 Å². The minimum atomic E-state index is -3.76. The second-order valence-corrected chi connectivity index (χ2v) is 26.8. The number of benzene rings is 8. The molecule has 1 atom stereocenters. The van der Waals surface area contributed by atoms with E-state index in [4.69, 9.17) is 51.1 Å². The SMILES string of the molecule is C[C@H]1COCCN1c1cc(C2(S(=O)(=O)c3ccccc3Cl)CC2)nc(-c2ccc(N)cc2)n1.[Cl][Pd][Cl].c1ccc(P(c2ccccc2)c2ccccc2)cc1.c1ccc(P(c2ccccc2)c2ccccc2)cc1. The molecule has 380 valence electrons. The Hall–Kier alpha value is -5.26. The summed E-state index contributed by atoms with van der Waals surface area (Å²) in [6, 6.07) is 80.4. The fourth-order valence-electron chi connectivity index (χ4n) is 8.65. The largest absolute Gasteiger partial charge is 0.0622 e. The van der Waals surface area contributed by atoms with Crippen LogP contribution in [0.15, 0.2) is 241 Å². The van der Waals surface area contributed by atoms with Gasteiger partial charge in [0.2, 0.25) is 0 Å². The van der Waals surface area contributed by atoms with Crippen LogP contribution in [0.25, 0.3) is 11.4 Å². The summed E-state index contributed by atoms with van der Waals surface area (Å²) in [7, 11) is 4.97. The number of nitrogen functional groups attached to an aromatic ring is 1. The van der Waals surface area contributed by atoms with E-state index in [1.807, 2.05) is 18.2 Å². The van der Waals surface area contributed by atoms with Crippen molar-refractivity contribution in [1.29, 1.82) is 0 Å². The molecule has 74 heavy (non-hydrogen) atoms. The Kier molecular flexibility index (Phi) is 20.1. The van der Waals surface area contributed by atoms with Crippen LogP contribution in [0.3, 0.4) is 0 Å². The maximum Gasteiger partial charge on any atom is -0.0134 e. The van der Waals surface area contributed by atoms with Crippen molar-refractivity contribution in [2.24, 2.45) is 0 Å². The Bertz CT molecular complexity index is 2950. The van der Waals surface area contributed by atoms with Crippen LogP contribution in [0.4, 0.5) is 11.5 Å². The standard InChI is InChI=1S/C24H25ClN4O3S.2C18H15P.2ClH.Pd/c1-16-15-32-13-12-29(16)22-14-21(27-23(28-22)17-6-8-18(26)9-7-17)24(10-11-24)33(30,31)20-5-3-2-4-19(20)25;2*1-4-10-16(11-5-1)19(17-12-6-2-7-13-17)18-14-8-3-9-15-18;;;/h2-9,14,16H,10-13,15,26H2,1H3;2*1-15H;2*1H;/q;;;;;+2/p-2/t16-;;;;;/m0...../s1. The third kappa shape index (κ3) is 13.8.